The predicted octanol–water partition coefficient (Wildman–Crippen LogP) is 2.11. The van der Waals surface area contributed by atoms with Crippen LogP contribution in [0.2, 0.25) is 0 Å². The largest absolute Gasteiger partial charge is 0.477 e. The van der Waals surface area contributed by atoms with Crippen molar-refractivity contribution in [2.75, 3.05) is 0 Å². The molecular formula is C15H13NO3. The molecule has 0 bridgehead atoms. The summed E-state index contributed by atoms with van der Waals surface area (Å²) in [6.45, 7) is 2.31. The van der Waals surface area contributed by atoms with E-state index in [1.165, 1.54) is 6.20 Å². The van der Waals surface area contributed by atoms with Gasteiger partial charge in [-0.1, -0.05) is 12.1 Å². The minimum absolute atomic E-state index is 0.205. The zero-order chi connectivity index (χ0) is 13.8. The minimum Gasteiger partial charge on any atom is -0.477 e. The Kier molecular flexibility index (Phi) is 3.67. The van der Waals surface area contributed by atoms with Gasteiger partial charge >= 0.3 is 5.97 Å². The number of para-hydroxylation sites is 1. The predicted molar refractivity (Wildman–Crippen MR) is 73.2 cm³/mol. The van der Waals surface area contributed by atoms with Crippen molar-refractivity contribution in [1.29, 1.82) is 0 Å². The smallest absolute Gasteiger partial charge is 0.341 e. The fourth-order valence-corrected chi connectivity index (χ4v) is 1.98. The van der Waals surface area contributed by atoms with E-state index in [0.717, 1.165) is 5.52 Å². The van der Waals surface area contributed by atoms with Gasteiger partial charge in [0.15, 0.2) is 0 Å². The highest BCUT2D eigenvalue weighted by atomic mass is 16.4. The normalized spacial score (nSPS) is 9.95. The molecule has 4 nitrogen and oxygen atoms in total. The molecule has 1 N–H and O–H groups in total. The molecule has 4 heteroatoms. The molecule has 2 rings (SSSR count). The Morgan fingerprint density at radius 2 is 2.11 bits per heavy atom. The number of carbonyl (C=O) groups is 1. The van der Waals surface area contributed by atoms with Crippen molar-refractivity contribution in [3.05, 3.63) is 46.2 Å². The molecule has 1 aromatic heterocycles. The van der Waals surface area contributed by atoms with E-state index in [1.54, 1.807) is 23.6 Å². The number of aromatic nitrogens is 1. The monoisotopic (exact) mass is 255 g/mol. The van der Waals surface area contributed by atoms with Crippen molar-refractivity contribution in [2.24, 2.45) is 0 Å². The van der Waals surface area contributed by atoms with Crippen LogP contribution >= 0.6 is 0 Å². The van der Waals surface area contributed by atoms with Crippen LogP contribution in [-0.4, -0.2) is 15.6 Å². The van der Waals surface area contributed by atoms with Gasteiger partial charge in [0.25, 0.3) is 0 Å². The zero-order valence-electron chi connectivity index (χ0n) is 10.5. The zero-order valence-corrected chi connectivity index (χ0v) is 10.5. The molecule has 0 aliphatic rings. The Hall–Kier alpha value is -2.54. The fraction of sp³-hybridized carbons (Fsp3) is 0.200. The first-order valence-electron chi connectivity index (χ1n) is 5.90. The molecular weight excluding hydrogens is 242 g/mol. The molecule has 1 aromatic carbocycles. The topological polar surface area (TPSA) is 59.3 Å². The summed E-state index contributed by atoms with van der Waals surface area (Å²) >= 11 is 0. The van der Waals surface area contributed by atoms with Gasteiger partial charge in [0.05, 0.1) is 5.52 Å². The van der Waals surface area contributed by atoms with Gasteiger partial charge < -0.3 is 9.67 Å². The summed E-state index contributed by atoms with van der Waals surface area (Å²) in [4.78, 5) is 23.1. The van der Waals surface area contributed by atoms with Gasteiger partial charge in [-0.15, -0.1) is 11.8 Å². The summed E-state index contributed by atoms with van der Waals surface area (Å²) in [6.07, 6.45) is 2.01. The van der Waals surface area contributed by atoms with E-state index in [9.17, 15) is 9.59 Å². The Morgan fingerprint density at radius 3 is 2.79 bits per heavy atom. The number of hydrogen-bond acceptors (Lipinski definition) is 2. The number of carboxylic acids is 1. The Balaban J connectivity index is 2.66. The quantitative estimate of drug-likeness (QED) is 0.854. The number of carboxylic acid groups (broad SMARTS) is 1. The van der Waals surface area contributed by atoms with Gasteiger partial charge in [-0.05, 0) is 19.1 Å². The summed E-state index contributed by atoms with van der Waals surface area (Å²) in [5.41, 5.74) is 0.0829. The number of aromatic carboxylic acids is 1. The number of fused-ring (bicyclic) bond motifs is 1. The minimum atomic E-state index is -1.20. The summed E-state index contributed by atoms with van der Waals surface area (Å²) in [6, 6.07) is 7.00. The molecule has 0 aliphatic heterocycles. The van der Waals surface area contributed by atoms with Crippen molar-refractivity contribution in [1.82, 2.24) is 4.57 Å². The molecule has 0 atom stereocenters. The van der Waals surface area contributed by atoms with Gasteiger partial charge in [-0.25, -0.2) is 4.79 Å². The molecule has 0 unspecified atom stereocenters. The summed E-state index contributed by atoms with van der Waals surface area (Å²) < 4.78 is 1.77. The number of aryl methyl sites for hydroxylation is 1. The molecule has 0 radical (unpaired) electrons. The first-order chi connectivity index (χ1) is 9.15. The summed E-state index contributed by atoms with van der Waals surface area (Å²) in [7, 11) is 0. The molecule has 96 valence electrons. The van der Waals surface area contributed by atoms with Crippen LogP contribution in [0.3, 0.4) is 0 Å². The Bertz CT molecular complexity index is 747. The van der Waals surface area contributed by atoms with Crippen LogP contribution in [0.5, 0.6) is 0 Å². The number of hydrogen-bond donors (Lipinski definition) is 1. The van der Waals surface area contributed by atoms with E-state index in [4.69, 9.17) is 5.11 Å². The lowest BCUT2D eigenvalue weighted by atomic mass is 10.1. The maximum Gasteiger partial charge on any atom is 0.341 e. The number of rotatable bonds is 3. The lowest BCUT2D eigenvalue weighted by molar-refractivity contribution is 0.0695. The van der Waals surface area contributed by atoms with Gasteiger partial charge in [-0.3, -0.25) is 4.79 Å². The van der Waals surface area contributed by atoms with Crippen molar-refractivity contribution < 1.29 is 9.90 Å². The van der Waals surface area contributed by atoms with Crippen molar-refractivity contribution in [3.8, 4) is 11.8 Å². The van der Waals surface area contributed by atoms with E-state index < -0.39 is 11.4 Å². The first-order valence-corrected chi connectivity index (χ1v) is 5.90. The average molecular weight is 255 g/mol. The summed E-state index contributed by atoms with van der Waals surface area (Å²) in [5, 5.41) is 9.50. The Labute approximate surface area is 110 Å². The van der Waals surface area contributed by atoms with Crippen molar-refractivity contribution in [3.63, 3.8) is 0 Å². The second kappa shape index (κ2) is 5.40. The third kappa shape index (κ3) is 2.50. The van der Waals surface area contributed by atoms with E-state index in [2.05, 4.69) is 11.8 Å². The highest BCUT2D eigenvalue weighted by Crippen LogP contribution is 2.12. The van der Waals surface area contributed by atoms with Crippen LogP contribution in [0.25, 0.3) is 10.9 Å². The van der Waals surface area contributed by atoms with Crippen LogP contribution in [0.15, 0.2) is 35.3 Å². The highest BCUT2D eigenvalue weighted by Gasteiger charge is 2.13. The second-order valence-corrected chi connectivity index (χ2v) is 4.06. The van der Waals surface area contributed by atoms with E-state index in [-0.39, 0.29) is 5.56 Å². The molecule has 0 saturated carbocycles. The van der Waals surface area contributed by atoms with Crippen molar-refractivity contribution in [2.45, 2.75) is 19.9 Å². The second-order valence-electron chi connectivity index (χ2n) is 4.06. The number of pyridine rings is 1. The molecule has 0 aliphatic carbocycles. The molecule has 19 heavy (non-hydrogen) atoms. The first kappa shape index (κ1) is 12.9. The van der Waals surface area contributed by atoms with Crippen LogP contribution in [0.1, 0.15) is 23.7 Å². The molecule has 0 amide bonds. The van der Waals surface area contributed by atoms with E-state index in [1.807, 2.05) is 12.1 Å². The molecule has 2 aromatic rings. The standard InChI is InChI=1S/C15H13NO3/c1-2-3-6-9-16-10-12(15(18)19)14(17)11-7-4-5-8-13(11)16/h4-5,7-8,10H,6,9H2,1H3,(H,18,19). The van der Waals surface area contributed by atoms with Gasteiger partial charge in [0.1, 0.15) is 5.56 Å². The van der Waals surface area contributed by atoms with Crippen LogP contribution in [-0.2, 0) is 6.54 Å². The molecule has 1 heterocycles. The van der Waals surface area contributed by atoms with Gasteiger partial charge in [0, 0.05) is 24.5 Å². The van der Waals surface area contributed by atoms with Gasteiger partial charge in [0.2, 0.25) is 5.43 Å². The Morgan fingerprint density at radius 1 is 1.37 bits per heavy atom. The third-order valence-electron chi connectivity index (χ3n) is 2.87. The fourth-order valence-electron chi connectivity index (χ4n) is 1.98. The number of benzene rings is 1. The highest BCUT2D eigenvalue weighted by molar-refractivity contribution is 5.92. The average Bonchev–Trinajstić information content (AvgIpc) is 2.41. The SMILES string of the molecule is CC#CCCn1cc(C(=O)O)c(=O)c2ccccc21. The van der Waals surface area contributed by atoms with E-state index >= 15 is 0 Å². The maximum atomic E-state index is 12.0. The van der Waals surface area contributed by atoms with Crippen LogP contribution in [0, 0.1) is 11.8 Å². The summed E-state index contributed by atoms with van der Waals surface area (Å²) in [5.74, 6) is 4.52. The van der Waals surface area contributed by atoms with Crippen LogP contribution < -0.4 is 5.43 Å². The maximum absolute atomic E-state index is 12.0. The van der Waals surface area contributed by atoms with Gasteiger partial charge in [-0.2, -0.15) is 0 Å². The third-order valence-corrected chi connectivity index (χ3v) is 2.87. The lowest BCUT2D eigenvalue weighted by Crippen LogP contribution is -2.18. The van der Waals surface area contributed by atoms with Crippen molar-refractivity contribution >= 4 is 16.9 Å². The van der Waals surface area contributed by atoms with E-state index in [0.29, 0.717) is 18.4 Å². The molecule has 0 fully saturated rings. The van der Waals surface area contributed by atoms with Crippen LogP contribution in [0.4, 0.5) is 0 Å². The number of nitrogens with zero attached hydrogens (tertiary/aromatic N) is 1. The lowest BCUT2D eigenvalue weighted by Gasteiger charge is -2.10. The molecule has 0 saturated heterocycles. The molecule has 0 spiro atoms.